The highest BCUT2D eigenvalue weighted by Gasteiger charge is 2.01. The Morgan fingerprint density at radius 3 is 1.33 bits per heavy atom. The van der Waals surface area contributed by atoms with Gasteiger partial charge in [-0.25, -0.2) is 0 Å². The van der Waals surface area contributed by atoms with Gasteiger partial charge in [0.1, 0.15) is 0 Å². The quantitative estimate of drug-likeness (QED) is 0.351. The van der Waals surface area contributed by atoms with Crippen molar-refractivity contribution in [3.63, 3.8) is 0 Å². The van der Waals surface area contributed by atoms with Gasteiger partial charge in [0.15, 0.2) is 11.6 Å². The molecular weight excluding hydrogens is 296 g/mol. The van der Waals surface area contributed by atoms with Crippen LogP contribution in [-0.2, 0) is 0 Å². The van der Waals surface area contributed by atoms with E-state index < -0.39 is 0 Å². The Labute approximate surface area is 143 Å². The Morgan fingerprint density at radius 2 is 0.958 bits per heavy atom. The summed E-state index contributed by atoms with van der Waals surface area (Å²) >= 11 is 0. The summed E-state index contributed by atoms with van der Waals surface area (Å²) in [7, 11) is 0. The second-order valence-electron chi connectivity index (χ2n) is 5.51. The van der Waals surface area contributed by atoms with E-state index in [9.17, 15) is 9.59 Å². The lowest BCUT2D eigenvalue weighted by Crippen LogP contribution is -1.96. The number of carbonyl (C=O) groups excluding carboxylic acids is 2. The molecule has 2 rings (SSSR count). The van der Waals surface area contributed by atoms with E-state index in [1.165, 1.54) is 0 Å². The summed E-state index contributed by atoms with van der Waals surface area (Å²) in [6.45, 7) is 0. The van der Waals surface area contributed by atoms with Crippen molar-refractivity contribution < 1.29 is 9.59 Å². The Bertz CT molecular complexity index is 634. The highest BCUT2D eigenvalue weighted by Crippen LogP contribution is 2.06. The highest BCUT2D eigenvalue weighted by atomic mass is 16.1. The third kappa shape index (κ3) is 6.17. The molecule has 0 bridgehead atoms. The molecule has 122 valence electrons. The van der Waals surface area contributed by atoms with Gasteiger partial charge in [-0.3, -0.25) is 9.59 Å². The number of rotatable bonds is 9. The standard InChI is InChI=1S/C22H22O2/c23-21(19-13-7-5-8-14-19)17-11-3-1-2-4-12-18-22(24)20-15-9-6-10-16-20/h3-16H,1-2,17-18H2/b11-3+,12-4+. The molecule has 0 radical (unpaired) electrons. The number of unbranched alkanes of at least 4 members (excludes halogenated alkanes) is 1. The molecule has 0 N–H and O–H groups in total. The molecule has 2 nitrogen and oxygen atoms in total. The minimum Gasteiger partial charge on any atom is -0.294 e. The van der Waals surface area contributed by atoms with Crippen molar-refractivity contribution in [2.75, 3.05) is 0 Å². The molecule has 0 aromatic heterocycles. The topological polar surface area (TPSA) is 34.1 Å². The third-order valence-corrected chi connectivity index (χ3v) is 3.63. The van der Waals surface area contributed by atoms with Crippen molar-refractivity contribution in [2.24, 2.45) is 0 Å². The van der Waals surface area contributed by atoms with E-state index in [0.717, 1.165) is 24.0 Å². The molecule has 0 unspecified atom stereocenters. The monoisotopic (exact) mass is 318 g/mol. The molecule has 0 saturated heterocycles. The SMILES string of the molecule is O=C(C/C=C/CC/C=C/CC(=O)c1ccccc1)c1ccccc1. The molecule has 2 aromatic carbocycles. The molecule has 24 heavy (non-hydrogen) atoms. The van der Waals surface area contributed by atoms with Crippen LogP contribution in [0.2, 0.25) is 0 Å². The van der Waals surface area contributed by atoms with Crippen LogP contribution in [0.15, 0.2) is 85.0 Å². The molecule has 0 atom stereocenters. The van der Waals surface area contributed by atoms with Crippen molar-refractivity contribution in [3.8, 4) is 0 Å². The van der Waals surface area contributed by atoms with Crippen LogP contribution in [0.4, 0.5) is 0 Å². The van der Waals surface area contributed by atoms with Gasteiger partial charge in [-0.05, 0) is 12.8 Å². The highest BCUT2D eigenvalue weighted by molar-refractivity contribution is 5.97. The largest absolute Gasteiger partial charge is 0.294 e. The molecule has 0 spiro atoms. The maximum absolute atomic E-state index is 11.9. The van der Waals surface area contributed by atoms with Gasteiger partial charge in [0.25, 0.3) is 0 Å². The second-order valence-corrected chi connectivity index (χ2v) is 5.51. The zero-order valence-electron chi connectivity index (χ0n) is 13.7. The summed E-state index contributed by atoms with van der Waals surface area (Å²) in [6, 6.07) is 18.6. The van der Waals surface area contributed by atoms with E-state index in [4.69, 9.17) is 0 Å². The number of Topliss-reactive ketones (excluding diaryl/α,β-unsaturated/α-hetero) is 2. The van der Waals surface area contributed by atoms with Crippen molar-refractivity contribution >= 4 is 11.6 Å². The minimum atomic E-state index is 0.135. The molecule has 0 amide bonds. The fraction of sp³-hybridized carbons (Fsp3) is 0.182. The van der Waals surface area contributed by atoms with E-state index in [1.807, 2.05) is 85.0 Å². The van der Waals surface area contributed by atoms with Crippen LogP contribution in [0, 0.1) is 0 Å². The normalized spacial score (nSPS) is 11.2. The average Bonchev–Trinajstić information content (AvgIpc) is 2.65. The van der Waals surface area contributed by atoms with Gasteiger partial charge < -0.3 is 0 Å². The van der Waals surface area contributed by atoms with E-state index in [2.05, 4.69) is 0 Å². The number of ketones is 2. The Morgan fingerprint density at radius 1 is 0.583 bits per heavy atom. The molecule has 2 heteroatoms. The summed E-state index contributed by atoms with van der Waals surface area (Å²) in [5, 5.41) is 0. The summed E-state index contributed by atoms with van der Waals surface area (Å²) in [5.74, 6) is 0.270. The van der Waals surface area contributed by atoms with E-state index in [-0.39, 0.29) is 11.6 Å². The van der Waals surface area contributed by atoms with E-state index in [0.29, 0.717) is 12.8 Å². The van der Waals surface area contributed by atoms with Crippen molar-refractivity contribution in [3.05, 3.63) is 96.1 Å². The van der Waals surface area contributed by atoms with Gasteiger partial charge in [-0.1, -0.05) is 85.0 Å². The first kappa shape index (κ1) is 17.6. The van der Waals surface area contributed by atoms with Gasteiger partial charge >= 0.3 is 0 Å². The molecule has 0 aliphatic rings. The number of allylic oxidation sites excluding steroid dienone is 4. The molecule has 0 saturated carbocycles. The minimum absolute atomic E-state index is 0.135. The van der Waals surface area contributed by atoms with E-state index >= 15 is 0 Å². The predicted molar refractivity (Wildman–Crippen MR) is 98.3 cm³/mol. The molecule has 0 heterocycles. The van der Waals surface area contributed by atoms with Crippen LogP contribution in [-0.4, -0.2) is 11.6 Å². The lowest BCUT2D eigenvalue weighted by Gasteiger charge is -1.96. The summed E-state index contributed by atoms with van der Waals surface area (Å²) in [6.07, 6.45) is 10.5. The van der Waals surface area contributed by atoms with Crippen LogP contribution < -0.4 is 0 Å². The lowest BCUT2D eigenvalue weighted by molar-refractivity contribution is 0.0987. The summed E-state index contributed by atoms with van der Waals surface area (Å²) < 4.78 is 0. The molecule has 2 aromatic rings. The molecule has 0 aliphatic carbocycles. The number of hydrogen-bond acceptors (Lipinski definition) is 2. The van der Waals surface area contributed by atoms with Crippen molar-refractivity contribution in [1.82, 2.24) is 0 Å². The Kier molecular flexibility index (Phi) is 7.42. The molecular formula is C22H22O2. The zero-order valence-corrected chi connectivity index (χ0v) is 13.7. The smallest absolute Gasteiger partial charge is 0.166 e. The van der Waals surface area contributed by atoms with Crippen LogP contribution in [0.1, 0.15) is 46.4 Å². The first-order valence-corrected chi connectivity index (χ1v) is 8.24. The maximum Gasteiger partial charge on any atom is 0.166 e. The summed E-state index contributed by atoms with van der Waals surface area (Å²) in [5.41, 5.74) is 1.50. The third-order valence-electron chi connectivity index (χ3n) is 3.63. The maximum atomic E-state index is 11.9. The van der Waals surface area contributed by atoms with Gasteiger partial charge in [-0.2, -0.15) is 0 Å². The predicted octanol–water partition coefficient (Wildman–Crippen LogP) is 5.43. The number of carbonyl (C=O) groups is 2. The lowest BCUT2D eigenvalue weighted by atomic mass is 10.1. The van der Waals surface area contributed by atoms with Crippen LogP contribution in [0.25, 0.3) is 0 Å². The fourth-order valence-corrected chi connectivity index (χ4v) is 2.29. The van der Waals surface area contributed by atoms with Crippen molar-refractivity contribution in [2.45, 2.75) is 25.7 Å². The zero-order chi connectivity index (χ0) is 17.0. The number of benzene rings is 2. The fourth-order valence-electron chi connectivity index (χ4n) is 2.29. The molecule has 0 fully saturated rings. The first-order chi connectivity index (χ1) is 11.8. The van der Waals surface area contributed by atoms with Gasteiger partial charge in [0.2, 0.25) is 0 Å². The first-order valence-electron chi connectivity index (χ1n) is 8.24. The average molecular weight is 318 g/mol. The summed E-state index contributed by atoms with van der Waals surface area (Å²) in [4.78, 5) is 23.8. The Hall–Kier alpha value is -2.74. The van der Waals surface area contributed by atoms with Crippen LogP contribution in [0.3, 0.4) is 0 Å². The van der Waals surface area contributed by atoms with Crippen molar-refractivity contribution in [1.29, 1.82) is 0 Å². The van der Waals surface area contributed by atoms with Gasteiger partial charge in [-0.15, -0.1) is 0 Å². The second kappa shape index (κ2) is 10.1. The van der Waals surface area contributed by atoms with Gasteiger partial charge in [0, 0.05) is 24.0 Å². The number of hydrogen-bond donors (Lipinski definition) is 0. The van der Waals surface area contributed by atoms with Crippen LogP contribution in [0.5, 0.6) is 0 Å². The van der Waals surface area contributed by atoms with Crippen LogP contribution >= 0.6 is 0 Å². The van der Waals surface area contributed by atoms with E-state index in [1.54, 1.807) is 0 Å². The molecule has 0 aliphatic heterocycles. The van der Waals surface area contributed by atoms with Gasteiger partial charge in [0.05, 0.1) is 0 Å². The Balaban J connectivity index is 1.62.